The highest BCUT2D eigenvalue weighted by Crippen LogP contribution is 2.28. The lowest BCUT2D eigenvalue weighted by Gasteiger charge is -2.23. The normalized spacial score (nSPS) is 25.9. The van der Waals surface area contributed by atoms with E-state index in [1.165, 1.54) is 16.4 Å². The van der Waals surface area contributed by atoms with E-state index in [1.54, 1.807) is 13.0 Å². The van der Waals surface area contributed by atoms with Crippen LogP contribution in [-0.2, 0) is 6.42 Å². The van der Waals surface area contributed by atoms with Crippen molar-refractivity contribution < 1.29 is 10.2 Å². The highest BCUT2D eigenvalue weighted by atomic mass is 32.1. The summed E-state index contributed by atoms with van der Waals surface area (Å²) in [6.45, 7) is 3.74. The summed E-state index contributed by atoms with van der Waals surface area (Å²) in [6.07, 6.45) is 0.760. The molecule has 0 saturated heterocycles. The van der Waals surface area contributed by atoms with Crippen molar-refractivity contribution in [3.63, 3.8) is 0 Å². The number of nitrogens with zero attached hydrogens (tertiary/aromatic N) is 3. The van der Waals surface area contributed by atoms with E-state index < -0.39 is 12.5 Å². The summed E-state index contributed by atoms with van der Waals surface area (Å²) >= 11 is 1.19. The molecule has 0 amide bonds. The molecule has 2 unspecified atom stereocenters. The van der Waals surface area contributed by atoms with Crippen LogP contribution in [0.15, 0.2) is 11.6 Å². The topological polar surface area (TPSA) is 69.5 Å². The van der Waals surface area contributed by atoms with Crippen molar-refractivity contribution in [1.82, 2.24) is 9.36 Å². The smallest absolute Gasteiger partial charge is 0.209 e. The Labute approximate surface area is 91.9 Å². The molecule has 0 fully saturated rings. The van der Waals surface area contributed by atoms with Crippen LogP contribution < -0.4 is 4.90 Å². The molecule has 1 aliphatic heterocycles. The molecule has 0 bridgehead atoms. The van der Waals surface area contributed by atoms with Crippen molar-refractivity contribution in [3.8, 4) is 0 Å². The van der Waals surface area contributed by atoms with Gasteiger partial charge in [0, 0.05) is 18.0 Å². The summed E-state index contributed by atoms with van der Waals surface area (Å²) in [6, 6.07) is 0. The number of rotatable bonds is 2. The molecule has 1 aromatic rings. The summed E-state index contributed by atoms with van der Waals surface area (Å²) in [7, 11) is 0. The van der Waals surface area contributed by atoms with Crippen molar-refractivity contribution in [1.29, 1.82) is 0 Å². The molecule has 0 radical (unpaired) electrons. The van der Waals surface area contributed by atoms with Crippen LogP contribution in [0.4, 0.5) is 5.13 Å². The minimum atomic E-state index is -0.808. The molecule has 0 saturated carbocycles. The average Bonchev–Trinajstić information content (AvgIpc) is 2.74. The van der Waals surface area contributed by atoms with Gasteiger partial charge in [-0.1, -0.05) is 6.92 Å². The van der Waals surface area contributed by atoms with Gasteiger partial charge < -0.3 is 10.2 Å². The van der Waals surface area contributed by atoms with Crippen LogP contribution in [0.2, 0.25) is 0 Å². The summed E-state index contributed by atoms with van der Waals surface area (Å²) in [5, 5.41) is 20.0. The van der Waals surface area contributed by atoms with Crippen molar-refractivity contribution in [3.05, 3.63) is 17.5 Å². The fourth-order valence-corrected chi connectivity index (χ4v) is 2.28. The molecule has 82 valence electrons. The first-order chi connectivity index (χ1) is 7.13. The maximum absolute atomic E-state index is 9.80. The summed E-state index contributed by atoms with van der Waals surface area (Å²) in [4.78, 5) is 5.68. The SMILES string of the molecule is CCc1nsc(N2C(O)C=C(C)C2O)n1. The molecule has 2 N–H and O–H groups in total. The Morgan fingerprint density at radius 3 is 2.73 bits per heavy atom. The van der Waals surface area contributed by atoms with Gasteiger partial charge in [0.05, 0.1) is 0 Å². The van der Waals surface area contributed by atoms with Gasteiger partial charge in [-0.15, -0.1) is 0 Å². The molecule has 0 aliphatic carbocycles. The zero-order chi connectivity index (χ0) is 11.0. The molecule has 1 aliphatic rings. The van der Waals surface area contributed by atoms with Crippen LogP contribution in [0.5, 0.6) is 0 Å². The van der Waals surface area contributed by atoms with E-state index in [0.717, 1.165) is 17.8 Å². The van der Waals surface area contributed by atoms with Crippen molar-refractivity contribution in [2.45, 2.75) is 32.7 Å². The van der Waals surface area contributed by atoms with Crippen LogP contribution >= 0.6 is 11.5 Å². The van der Waals surface area contributed by atoms with Crippen LogP contribution in [0, 0.1) is 0 Å². The molecule has 2 rings (SSSR count). The van der Waals surface area contributed by atoms with Gasteiger partial charge in [-0.05, 0) is 18.6 Å². The summed E-state index contributed by atoms with van der Waals surface area (Å²) in [5.74, 6) is 0.735. The number of aliphatic hydroxyl groups is 2. The lowest BCUT2D eigenvalue weighted by molar-refractivity contribution is 0.150. The van der Waals surface area contributed by atoms with Gasteiger partial charge in [-0.25, -0.2) is 4.98 Å². The first-order valence-corrected chi connectivity index (χ1v) is 5.56. The molecule has 1 aromatic heterocycles. The summed E-state index contributed by atoms with van der Waals surface area (Å²) < 4.78 is 4.12. The van der Waals surface area contributed by atoms with Crippen molar-refractivity contribution in [2.24, 2.45) is 0 Å². The van der Waals surface area contributed by atoms with Gasteiger partial charge in [0.1, 0.15) is 5.82 Å². The van der Waals surface area contributed by atoms with Gasteiger partial charge in [0.2, 0.25) is 5.13 Å². The van der Waals surface area contributed by atoms with E-state index >= 15 is 0 Å². The highest BCUT2D eigenvalue weighted by Gasteiger charge is 2.32. The van der Waals surface area contributed by atoms with Crippen LogP contribution in [0.3, 0.4) is 0 Å². The number of aromatic nitrogens is 2. The zero-order valence-electron chi connectivity index (χ0n) is 8.58. The molecule has 6 heteroatoms. The minimum Gasteiger partial charge on any atom is -0.370 e. The minimum absolute atomic E-state index is 0.556. The lowest BCUT2D eigenvalue weighted by Crippen LogP contribution is -2.37. The van der Waals surface area contributed by atoms with Crippen LogP contribution in [0.1, 0.15) is 19.7 Å². The Hall–Kier alpha value is -0.980. The molecule has 5 nitrogen and oxygen atoms in total. The van der Waals surface area contributed by atoms with Gasteiger partial charge in [-0.2, -0.15) is 4.37 Å². The maximum atomic E-state index is 9.80. The number of hydrogen-bond acceptors (Lipinski definition) is 6. The number of anilines is 1. The third kappa shape index (κ3) is 1.75. The molecule has 0 spiro atoms. The fraction of sp³-hybridized carbons (Fsp3) is 0.556. The van der Waals surface area contributed by atoms with Gasteiger partial charge in [-0.3, -0.25) is 4.90 Å². The summed E-state index contributed by atoms with van der Waals surface area (Å²) in [5.41, 5.74) is 0.732. The number of aryl methyl sites for hydroxylation is 1. The first kappa shape index (κ1) is 10.5. The lowest BCUT2D eigenvalue weighted by atomic mass is 10.3. The predicted molar refractivity (Wildman–Crippen MR) is 57.5 cm³/mol. The third-order valence-electron chi connectivity index (χ3n) is 2.36. The second-order valence-corrected chi connectivity index (χ2v) is 4.18. The zero-order valence-corrected chi connectivity index (χ0v) is 9.40. The van der Waals surface area contributed by atoms with Crippen LogP contribution in [-0.4, -0.2) is 32.0 Å². The predicted octanol–water partition coefficient (Wildman–Crippen LogP) is 0.504. The van der Waals surface area contributed by atoms with E-state index in [0.29, 0.717) is 5.13 Å². The van der Waals surface area contributed by atoms with E-state index in [-0.39, 0.29) is 0 Å². The van der Waals surface area contributed by atoms with Gasteiger partial charge in [0.25, 0.3) is 0 Å². The Morgan fingerprint density at radius 1 is 1.53 bits per heavy atom. The number of aliphatic hydroxyl groups excluding tert-OH is 2. The van der Waals surface area contributed by atoms with Crippen molar-refractivity contribution >= 4 is 16.7 Å². The standard InChI is InChI=1S/C9H13N3O2S/c1-3-6-10-9(15-11-6)12-7(13)4-5(2)8(12)14/h4,7-8,13-14H,3H2,1-2H3. The Kier molecular flexibility index (Phi) is 2.72. The Balaban J connectivity index is 2.25. The van der Waals surface area contributed by atoms with E-state index in [2.05, 4.69) is 9.36 Å². The molecular weight excluding hydrogens is 214 g/mol. The Morgan fingerprint density at radius 2 is 2.27 bits per heavy atom. The maximum Gasteiger partial charge on any atom is 0.209 e. The average molecular weight is 227 g/mol. The fourth-order valence-electron chi connectivity index (χ4n) is 1.48. The van der Waals surface area contributed by atoms with E-state index in [4.69, 9.17) is 0 Å². The molecule has 15 heavy (non-hydrogen) atoms. The number of hydrogen-bond donors (Lipinski definition) is 2. The van der Waals surface area contributed by atoms with E-state index in [9.17, 15) is 10.2 Å². The highest BCUT2D eigenvalue weighted by molar-refractivity contribution is 7.09. The first-order valence-electron chi connectivity index (χ1n) is 4.79. The monoisotopic (exact) mass is 227 g/mol. The van der Waals surface area contributed by atoms with Gasteiger partial charge in [0.15, 0.2) is 12.5 Å². The second-order valence-electron chi connectivity index (χ2n) is 3.45. The second kappa shape index (κ2) is 3.88. The molecule has 2 heterocycles. The van der Waals surface area contributed by atoms with Gasteiger partial charge >= 0.3 is 0 Å². The van der Waals surface area contributed by atoms with Crippen LogP contribution in [0.25, 0.3) is 0 Å². The molecular formula is C9H13N3O2S. The van der Waals surface area contributed by atoms with Crippen molar-refractivity contribution in [2.75, 3.05) is 4.90 Å². The quantitative estimate of drug-likeness (QED) is 0.720. The third-order valence-corrected chi connectivity index (χ3v) is 3.13. The molecule has 2 atom stereocenters. The van der Waals surface area contributed by atoms with E-state index in [1.807, 2.05) is 6.92 Å². The largest absolute Gasteiger partial charge is 0.370 e. The molecule has 0 aromatic carbocycles. The Bertz CT molecular complexity index is 390.